The van der Waals surface area contributed by atoms with Gasteiger partial charge in [-0.15, -0.1) is 0 Å². The Morgan fingerprint density at radius 3 is 2.60 bits per heavy atom. The lowest BCUT2D eigenvalue weighted by atomic mass is 9.90. The summed E-state index contributed by atoms with van der Waals surface area (Å²) in [6.45, 7) is 8.64. The summed E-state index contributed by atoms with van der Waals surface area (Å²) in [5.74, 6) is 0.811. The molecular weight excluding hydrogens is 122 g/mol. The molecular formula is C9H17N. The van der Waals surface area contributed by atoms with E-state index in [0.717, 1.165) is 12.3 Å². The Labute approximate surface area is 63.5 Å². The van der Waals surface area contributed by atoms with Gasteiger partial charge >= 0.3 is 0 Å². The van der Waals surface area contributed by atoms with Crippen LogP contribution in [0.25, 0.3) is 0 Å². The third-order valence-electron chi connectivity index (χ3n) is 2.37. The van der Waals surface area contributed by atoms with Gasteiger partial charge in [-0.1, -0.05) is 19.1 Å². The highest BCUT2D eigenvalue weighted by Crippen LogP contribution is 2.21. The van der Waals surface area contributed by atoms with Crippen molar-refractivity contribution in [3.8, 4) is 0 Å². The maximum atomic E-state index is 4.07. The van der Waals surface area contributed by atoms with E-state index in [0.29, 0.717) is 0 Å². The fraction of sp³-hybridized carbons (Fsp3) is 0.778. The van der Waals surface area contributed by atoms with Gasteiger partial charge in [0.2, 0.25) is 0 Å². The van der Waals surface area contributed by atoms with Crippen molar-refractivity contribution in [3.05, 3.63) is 12.2 Å². The predicted octanol–water partition coefficient (Wildman–Crippen LogP) is 1.95. The lowest BCUT2D eigenvalue weighted by Gasteiger charge is -2.23. The molecule has 0 radical (unpaired) electrons. The summed E-state index contributed by atoms with van der Waals surface area (Å²) < 4.78 is 0. The highest BCUT2D eigenvalue weighted by molar-refractivity contribution is 5.00. The molecule has 1 aliphatic heterocycles. The molecule has 1 heterocycles. The molecule has 0 aromatic rings. The van der Waals surface area contributed by atoms with E-state index in [1.807, 2.05) is 0 Å². The highest BCUT2D eigenvalue weighted by Gasteiger charge is 2.13. The predicted molar refractivity (Wildman–Crippen MR) is 45.0 cm³/mol. The van der Waals surface area contributed by atoms with Crippen molar-refractivity contribution in [2.75, 3.05) is 13.1 Å². The van der Waals surface area contributed by atoms with E-state index in [-0.39, 0.29) is 0 Å². The molecule has 0 amide bonds. The molecule has 1 nitrogen and oxygen atoms in total. The zero-order valence-corrected chi connectivity index (χ0v) is 6.82. The van der Waals surface area contributed by atoms with Gasteiger partial charge in [0.25, 0.3) is 0 Å². The average molecular weight is 139 g/mol. The van der Waals surface area contributed by atoms with Crippen LogP contribution in [0, 0.1) is 5.92 Å². The van der Waals surface area contributed by atoms with E-state index in [1.165, 1.54) is 31.5 Å². The van der Waals surface area contributed by atoms with Crippen LogP contribution < -0.4 is 5.32 Å². The zero-order valence-electron chi connectivity index (χ0n) is 6.82. The first-order valence-electron chi connectivity index (χ1n) is 4.23. The van der Waals surface area contributed by atoms with Crippen molar-refractivity contribution in [2.24, 2.45) is 5.92 Å². The second kappa shape index (κ2) is 3.77. The van der Waals surface area contributed by atoms with Crippen LogP contribution in [0.2, 0.25) is 0 Å². The summed E-state index contributed by atoms with van der Waals surface area (Å²) in [7, 11) is 0. The Bertz CT molecular complexity index is 112. The fourth-order valence-corrected chi connectivity index (χ4v) is 1.52. The van der Waals surface area contributed by atoms with Crippen molar-refractivity contribution in [1.29, 1.82) is 0 Å². The minimum absolute atomic E-state index is 0.811. The molecule has 0 bridgehead atoms. The Morgan fingerprint density at radius 2 is 2.10 bits per heavy atom. The molecule has 0 unspecified atom stereocenters. The van der Waals surface area contributed by atoms with E-state index >= 15 is 0 Å². The van der Waals surface area contributed by atoms with Crippen LogP contribution in [-0.2, 0) is 0 Å². The largest absolute Gasteiger partial charge is 0.317 e. The van der Waals surface area contributed by atoms with Crippen molar-refractivity contribution in [3.63, 3.8) is 0 Å². The molecule has 1 fully saturated rings. The number of hydrogen-bond donors (Lipinski definition) is 1. The van der Waals surface area contributed by atoms with Crippen LogP contribution in [0.15, 0.2) is 12.2 Å². The number of nitrogens with one attached hydrogen (secondary N) is 1. The average Bonchev–Trinajstić information content (AvgIpc) is 2.05. The molecule has 1 aliphatic rings. The van der Waals surface area contributed by atoms with Gasteiger partial charge in [0.05, 0.1) is 0 Å². The van der Waals surface area contributed by atoms with Crippen molar-refractivity contribution in [2.45, 2.75) is 26.2 Å². The zero-order chi connectivity index (χ0) is 7.40. The second-order valence-corrected chi connectivity index (χ2v) is 3.04. The monoisotopic (exact) mass is 139 g/mol. The summed E-state index contributed by atoms with van der Waals surface area (Å²) in [5, 5.41) is 3.35. The molecule has 1 saturated heterocycles. The maximum absolute atomic E-state index is 4.07. The van der Waals surface area contributed by atoms with Crippen LogP contribution in [0.5, 0.6) is 0 Å². The van der Waals surface area contributed by atoms with Crippen molar-refractivity contribution in [1.82, 2.24) is 5.32 Å². The van der Waals surface area contributed by atoms with E-state index in [9.17, 15) is 0 Å². The van der Waals surface area contributed by atoms with Gasteiger partial charge in [0, 0.05) is 0 Å². The first-order valence-corrected chi connectivity index (χ1v) is 4.23. The minimum atomic E-state index is 0.811. The van der Waals surface area contributed by atoms with Gasteiger partial charge in [-0.2, -0.15) is 0 Å². The van der Waals surface area contributed by atoms with Gasteiger partial charge in [-0.3, -0.25) is 0 Å². The van der Waals surface area contributed by atoms with Gasteiger partial charge in [0.15, 0.2) is 0 Å². The molecule has 0 atom stereocenters. The molecule has 0 aromatic carbocycles. The molecule has 0 aromatic heterocycles. The molecule has 0 spiro atoms. The Morgan fingerprint density at radius 1 is 1.50 bits per heavy atom. The fourth-order valence-electron chi connectivity index (χ4n) is 1.52. The molecule has 1 heteroatoms. The lowest BCUT2D eigenvalue weighted by Crippen LogP contribution is -2.28. The summed E-state index contributed by atoms with van der Waals surface area (Å²) in [5.41, 5.74) is 1.45. The minimum Gasteiger partial charge on any atom is -0.317 e. The van der Waals surface area contributed by atoms with E-state index in [1.54, 1.807) is 0 Å². The number of rotatable bonds is 2. The van der Waals surface area contributed by atoms with Gasteiger partial charge in [-0.05, 0) is 38.3 Å². The summed E-state index contributed by atoms with van der Waals surface area (Å²) in [4.78, 5) is 0. The highest BCUT2D eigenvalue weighted by atomic mass is 14.9. The smallest absolute Gasteiger partial charge is 0.00432 e. The van der Waals surface area contributed by atoms with Crippen LogP contribution in [-0.4, -0.2) is 13.1 Å². The molecule has 58 valence electrons. The Balaban J connectivity index is 2.31. The van der Waals surface area contributed by atoms with Crippen molar-refractivity contribution < 1.29 is 0 Å². The third kappa shape index (κ3) is 1.84. The second-order valence-electron chi connectivity index (χ2n) is 3.04. The summed E-state index contributed by atoms with van der Waals surface area (Å²) in [6, 6.07) is 0. The summed E-state index contributed by atoms with van der Waals surface area (Å²) >= 11 is 0. The molecule has 0 aliphatic carbocycles. The molecule has 10 heavy (non-hydrogen) atoms. The standard InChI is InChI=1S/C9H17N/c1-3-8(2)9-4-6-10-7-5-9/h9-10H,2-7H2,1H3. The van der Waals surface area contributed by atoms with Gasteiger partial charge < -0.3 is 5.32 Å². The first kappa shape index (κ1) is 7.80. The van der Waals surface area contributed by atoms with E-state index in [2.05, 4.69) is 18.8 Å². The molecule has 0 saturated carbocycles. The van der Waals surface area contributed by atoms with Crippen LogP contribution in [0.1, 0.15) is 26.2 Å². The lowest BCUT2D eigenvalue weighted by molar-refractivity contribution is 0.414. The third-order valence-corrected chi connectivity index (χ3v) is 2.37. The number of allylic oxidation sites excluding steroid dienone is 1. The number of piperidine rings is 1. The molecule has 1 rings (SSSR count). The van der Waals surface area contributed by atoms with Gasteiger partial charge in [-0.25, -0.2) is 0 Å². The van der Waals surface area contributed by atoms with Crippen LogP contribution >= 0.6 is 0 Å². The van der Waals surface area contributed by atoms with E-state index in [4.69, 9.17) is 0 Å². The number of hydrogen-bond acceptors (Lipinski definition) is 1. The topological polar surface area (TPSA) is 12.0 Å². The Kier molecular flexibility index (Phi) is 2.94. The SMILES string of the molecule is C=C(CC)C1CCNCC1. The maximum Gasteiger partial charge on any atom is -0.00432 e. The molecule has 1 N–H and O–H groups in total. The Hall–Kier alpha value is -0.300. The summed E-state index contributed by atoms with van der Waals surface area (Å²) in [6.07, 6.45) is 3.75. The van der Waals surface area contributed by atoms with Crippen LogP contribution in [0.3, 0.4) is 0 Å². The van der Waals surface area contributed by atoms with Crippen molar-refractivity contribution >= 4 is 0 Å². The van der Waals surface area contributed by atoms with E-state index < -0.39 is 0 Å². The quantitative estimate of drug-likeness (QED) is 0.577. The van der Waals surface area contributed by atoms with Crippen LogP contribution in [0.4, 0.5) is 0 Å². The van der Waals surface area contributed by atoms with Gasteiger partial charge in [0.1, 0.15) is 0 Å². The normalized spacial score (nSPS) is 20.9. The first-order chi connectivity index (χ1) is 4.84.